The minimum absolute atomic E-state index is 0.739. The number of hydrogen-bond donors (Lipinski definition) is 1. The van der Waals surface area contributed by atoms with Crippen molar-refractivity contribution in [3.05, 3.63) is 17.0 Å². The number of hydrogen-bond acceptors (Lipinski definition) is 2. The molecular weight excluding hydrogens is 198 g/mol. The molecule has 1 aliphatic carbocycles. The summed E-state index contributed by atoms with van der Waals surface area (Å²) in [5, 5.41) is 8.08. The highest BCUT2D eigenvalue weighted by Gasteiger charge is 2.33. The second-order valence-electron chi connectivity index (χ2n) is 5.03. The smallest absolute Gasteiger partial charge is 0.0631 e. The molecule has 0 spiro atoms. The number of nitrogens with one attached hydrogen (secondary N) is 1. The van der Waals surface area contributed by atoms with Gasteiger partial charge >= 0.3 is 0 Å². The fraction of sp³-hybridized carbons (Fsp3) is 0.769. The van der Waals surface area contributed by atoms with Crippen molar-refractivity contribution in [1.29, 1.82) is 0 Å². The Kier molecular flexibility index (Phi) is 3.33. The Morgan fingerprint density at radius 1 is 1.38 bits per heavy atom. The van der Waals surface area contributed by atoms with Crippen LogP contribution in [0.1, 0.15) is 49.1 Å². The predicted octanol–water partition coefficient (Wildman–Crippen LogP) is 2.28. The number of aromatic nitrogens is 2. The second-order valence-corrected chi connectivity index (χ2v) is 5.03. The van der Waals surface area contributed by atoms with Crippen molar-refractivity contribution in [1.82, 2.24) is 15.1 Å². The highest BCUT2D eigenvalue weighted by atomic mass is 15.3. The van der Waals surface area contributed by atoms with Gasteiger partial charge in [-0.3, -0.25) is 4.68 Å². The van der Waals surface area contributed by atoms with Gasteiger partial charge in [-0.05, 0) is 51.1 Å². The average Bonchev–Trinajstić information content (AvgIpc) is 2.42. The van der Waals surface area contributed by atoms with Crippen LogP contribution in [-0.2, 0) is 7.05 Å². The predicted molar refractivity (Wildman–Crippen MR) is 66.7 cm³/mol. The van der Waals surface area contributed by atoms with Crippen LogP contribution in [0.4, 0.5) is 0 Å². The van der Waals surface area contributed by atoms with Crippen molar-refractivity contribution < 1.29 is 0 Å². The Morgan fingerprint density at radius 3 is 2.56 bits per heavy atom. The summed E-state index contributed by atoms with van der Waals surface area (Å²) in [6.07, 6.45) is 3.80. The lowest BCUT2D eigenvalue weighted by Crippen LogP contribution is -2.40. The Balaban J connectivity index is 1.96. The maximum absolute atomic E-state index is 4.50. The molecule has 2 rings (SSSR count). The van der Waals surface area contributed by atoms with Gasteiger partial charge in [-0.1, -0.05) is 6.92 Å². The molecule has 3 heteroatoms. The zero-order chi connectivity index (χ0) is 11.7. The van der Waals surface area contributed by atoms with E-state index in [9.17, 15) is 0 Å². The van der Waals surface area contributed by atoms with E-state index < -0.39 is 0 Å². The minimum atomic E-state index is 0.739. The molecule has 16 heavy (non-hydrogen) atoms. The van der Waals surface area contributed by atoms with E-state index in [0.717, 1.165) is 18.5 Å². The summed E-state index contributed by atoms with van der Waals surface area (Å²) < 4.78 is 2.01. The van der Waals surface area contributed by atoms with Crippen molar-refractivity contribution >= 4 is 0 Å². The Hall–Kier alpha value is -0.830. The normalized spacial score (nSPS) is 24.5. The van der Waals surface area contributed by atoms with E-state index in [-0.39, 0.29) is 0 Å². The summed E-state index contributed by atoms with van der Waals surface area (Å²) in [5.74, 6) is 0.739. The van der Waals surface area contributed by atoms with Crippen LogP contribution in [0.3, 0.4) is 0 Å². The molecule has 0 amide bonds. The molecule has 0 aromatic carbocycles. The lowest BCUT2D eigenvalue weighted by Gasteiger charge is -2.36. The van der Waals surface area contributed by atoms with Crippen LogP contribution >= 0.6 is 0 Å². The third kappa shape index (κ3) is 2.01. The fourth-order valence-corrected chi connectivity index (χ4v) is 2.75. The topological polar surface area (TPSA) is 29.9 Å². The molecule has 1 aromatic heterocycles. The largest absolute Gasteiger partial charge is 0.314 e. The second kappa shape index (κ2) is 4.58. The summed E-state index contributed by atoms with van der Waals surface area (Å²) in [6.45, 7) is 7.69. The molecule has 1 N–H and O–H groups in total. The Labute approximate surface area is 98.2 Å². The first-order valence-corrected chi connectivity index (χ1v) is 6.37. The molecule has 3 nitrogen and oxygen atoms in total. The molecule has 1 saturated carbocycles. The lowest BCUT2D eigenvalue weighted by molar-refractivity contribution is 0.290. The maximum atomic E-state index is 4.50. The van der Waals surface area contributed by atoms with Crippen LogP contribution in [0.2, 0.25) is 0 Å². The highest BCUT2D eigenvalue weighted by Crippen LogP contribution is 2.39. The zero-order valence-electron chi connectivity index (χ0n) is 10.9. The van der Waals surface area contributed by atoms with Gasteiger partial charge in [0.2, 0.25) is 0 Å². The zero-order valence-corrected chi connectivity index (χ0v) is 10.9. The maximum Gasteiger partial charge on any atom is 0.0631 e. The molecule has 0 bridgehead atoms. The molecular formula is C13H23N3. The number of nitrogens with zero attached hydrogens (tertiary/aromatic N) is 2. The van der Waals surface area contributed by atoms with E-state index >= 15 is 0 Å². The highest BCUT2D eigenvalue weighted by molar-refractivity contribution is 5.31. The Bertz CT molecular complexity index is 361. The summed E-state index contributed by atoms with van der Waals surface area (Å²) in [6, 6.07) is 0.740. The van der Waals surface area contributed by atoms with Gasteiger partial charge in [0.15, 0.2) is 0 Å². The van der Waals surface area contributed by atoms with Crippen LogP contribution in [0, 0.1) is 13.8 Å². The Morgan fingerprint density at radius 2 is 2.06 bits per heavy atom. The van der Waals surface area contributed by atoms with Crippen molar-refractivity contribution in [2.45, 2.75) is 52.0 Å². The quantitative estimate of drug-likeness (QED) is 0.845. The molecule has 0 saturated heterocycles. The summed E-state index contributed by atoms with van der Waals surface area (Å²) >= 11 is 0. The van der Waals surface area contributed by atoms with E-state index in [0.29, 0.717) is 0 Å². The van der Waals surface area contributed by atoms with E-state index in [1.807, 2.05) is 11.7 Å². The standard InChI is InChI=1S/C13H23N3/c1-5-6-14-12-7-11(8-12)13-9(2)15-16(4)10(13)3/h11-12,14H,5-8H2,1-4H3. The molecule has 1 aromatic rings. The van der Waals surface area contributed by atoms with Gasteiger partial charge in [0.25, 0.3) is 0 Å². The van der Waals surface area contributed by atoms with Crippen LogP contribution < -0.4 is 5.32 Å². The first-order chi connectivity index (χ1) is 7.63. The van der Waals surface area contributed by atoms with Crippen molar-refractivity contribution in [2.24, 2.45) is 7.05 Å². The third-order valence-corrected chi connectivity index (χ3v) is 3.79. The van der Waals surface area contributed by atoms with Gasteiger partial charge in [-0.2, -0.15) is 5.10 Å². The molecule has 0 unspecified atom stereocenters. The van der Waals surface area contributed by atoms with Gasteiger partial charge < -0.3 is 5.32 Å². The molecule has 0 aliphatic heterocycles. The molecule has 1 fully saturated rings. The number of rotatable bonds is 4. The van der Waals surface area contributed by atoms with Crippen LogP contribution in [-0.4, -0.2) is 22.4 Å². The van der Waals surface area contributed by atoms with E-state index in [2.05, 4.69) is 31.2 Å². The van der Waals surface area contributed by atoms with Gasteiger partial charge in [-0.15, -0.1) is 0 Å². The van der Waals surface area contributed by atoms with Crippen LogP contribution in [0.25, 0.3) is 0 Å². The first-order valence-electron chi connectivity index (χ1n) is 6.37. The number of aryl methyl sites for hydroxylation is 2. The lowest BCUT2D eigenvalue weighted by atomic mass is 9.75. The van der Waals surface area contributed by atoms with Gasteiger partial charge in [0, 0.05) is 18.8 Å². The summed E-state index contributed by atoms with van der Waals surface area (Å²) in [4.78, 5) is 0. The van der Waals surface area contributed by atoms with Gasteiger partial charge in [-0.25, -0.2) is 0 Å². The van der Waals surface area contributed by atoms with E-state index in [4.69, 9.17) is 0 Å². The van der Waals surface area contributed by atoms with Crippen LogP contribution in [0.5, 0.6) is 0 Å². The molecule has 1 aliphatic rings. The van der Waals surface area contributed by atoms with E-state index in [1.165, 1.54) is 36.2 Å². The van der Waals surface area contributed by atoms with Crippen LogP contribution in [0.15, 0.2) is 0 Å². The molecule has 0 radical (unpaired) electrons. The molecule has 0 atom stereocenters. The minimum Gasteiger partial charge on any atom is -0.314 e. The fourth-order valence-electron chi connectivity index (χ4n) is 2.75. The summed E-state index contributed by atoms with van der Waals surface area (Å²) in [5.41, 5.74) is 4.06. The van der Waals surface area contributed by atoms with Gasteiger partial charge in [0.05, 0.1) is 5.69 Å². The molecule has 90 valence electrons. The van der Waals surface area contributed by atoms with E-state index in [1.54, 1.807) is 0 Å². The van der Waals surface area contributed by atoms with Gasteiger partial charge in [0.1, 0.15) is 0 Å². The average molecular weight is 221 g/mol. The monoisotopic (exact) mass is 221 g/mol. The van der Waals surface area contributed by atoms with Crippen molar-refractivity contribution in [2.75, 3.05) is 6.54 Å². The summed E-state index contributed by atoms with van der Waals surface area (Å²) in [7, 11) is 2.04. The SMILES string of the molecule is CCCNC1CC(c2c(C)nn(C)c2C)C1. The van der Waals surface area contributed by atoms with Crippen molar-refractivity contribution in [3.63, 3.8) is 0 Å². The van der Waals surface area contributed by atoms with Crippen molar-refractivity contribution in [3.8, 4) is 0 Å². The molecule has 1 heterocycles. The third-order valence-electron chi connectivity index (χ3n) is 3.79. The first kappa shape index (κ1) is 11.6.